The lowest BCUT2D eigenvalue weighted by molar-refractivity contribution is 0.372. The number of guanidine groups is 1. The van der Waals surface area contributed by atoms with Crippen LogP contribution < -0.4 is 10.2 Å². The van der Waals surface area contributed by atoms with Gasteiger partial charge in [0, 0.05) is 63.1 Å². The Morgan fingerprint density at radius 1 is 1.17 bits per heavy atom. The van der Waals surface area contributed by atoms with Gasteiger partial charge in [-0.2, -0.15) is 4.37 Å². The number of piperazine rings is 1. The first-order valence-electron chi connectivity index (χ1n) is 9.80. The highest BCUT2D eigenvalue weighted by Gasteiger charge is 2.22. The van der Waals surface area contributed by atoms with Gasteiger partial charge >= 0.3 is 0 Å². The average molecular weight is 526 g/mol. The summed E-state index contributed by atoms with van der Waals surface area (Å²) in [6.45, 7) is 9.29. The van der Waals surface area contributed by atoms with E-state index in [1.54, 1.807) is 0 Å². The zero-order chi connectivity index (χ0) is 19.3. The van der Waals surface area contributed by atoms with Gasteiger partial charge in [-0.25, -0.2) is 15.0 Å². The minimum absolute atomic E-state index is 0. The highest BCUT2D eigenvalue weighted by Crippen LogP contribution is 2.19. The third-order valence-electron chi connectivity index (χ3n) is 4.76. The molecule has 156 valence electrons. The van der Waals surface area contributed by atoms with Crippen molar-refractivity contribution in [3.63, 3.8) is 0 Å². The smallest absolute Gasteiger partial charge is 0.205 e. The molecule has 29 heavy (non-hydrogen) atoms. The Balaban J connectivity index is 0.00000240. The number of nitrogens with zero attached hydrogens (tertiary/aromatic N) is 7. The molecule has 1 saturated heterocycles. The van der Waals surface area contributed by atoms with E-state index in [1.807, 2.05) is 35.0 Å². The van der Waals surface area contributed by atoms with Crippen LogP contribution in [0.25, 0.3) is 5.65 Å². The summed E-state index contributed by atoms with van der Waals surface area (Å²) in [5.41, 5.74) is 1.93. The first-order chi connectivity index (χ1) is 13.8. The summed E-state index contributed by atoms with van der Waals surface area (Å²) in [5, 5.41) is 4.45. The molecule has 1 aliphatic rings. The van der Waals surface area contributed by atoms with Crippen molar-refractivity contribution in [3.05, 3.63) is 42.1 Å². The molecule has 10 heteroatoms. The van der Waals surface area contributed by atoms with Crippen molar-refractivity contribution < 1.29 is 0 Å². The lowest BCUT2D eigenvalue weighted by Gasteiger charge is -2.36. The predicted octanol–water partition coefficient (Wildman–Crippen LogP) is 2.65. The molecule has 0 unspecified atom stereocenters. The van der Waals surface area contributed by atoms with Gasteiger partial charge in [-0.3, -0.25) is 0 Å². The summed E-state index contributed by atoms with van der Waals surface area (Å²) in [6, 6.07) is 6.02. The van der Waals surface area contributed by atoms with Crippen LogP contribution in [0.2, 0.25) is 0 Å². The van der Waals surface area contributed by atoms with Crippen LogP contribution in [0, 0.1) is 0 Å². The summed E-state index contributed by atoms with van der Waals surface area (Å²) in [4.78, 5) is 18.7. The van der Waals surface area contributed by atoms with Crippen molar-refractivity contribution in [3.8, 4) is 0 Å². The summed E-state index contributed by atoms with van der Waals surface area (Å²) in [7, 11) is 0. The number of halogens is 1. The van der Waals surface area contributed by atoms with E-state index in [1.165, 1.54) is 11.5 Å². The highest BCUT2D eigenvalue weighted by atomic mass is 127. The maximum atomic E-state index is 4.83. The molecule has 1 aliphatic heterocycles. The minimum atomic E-state index is 0. The number of hydrogen-bond donors (Lipinski definition) is 1. The number of hydrogen-bond acceptors (Lipinski definition) is 6. The number of imidazole rings is 1. The van der Waals surface area contributed by atoms with Crippen molar-refractivity contribution in [1.82, 2.24) is 29.0 Å². The van der Waals surface area contributed by atoms with Gasteiger partial charge in [-0.15, -0.1) is 24.0 Å². The number of anilines is 1. The quantitative estimate of drug-likeness (QED) is 0.313. The van der Waals surface area contributed by atoms with Crippen LogP contribution in [0.4, 0.5) is 5.13 Å². The van der Waals surface area contributed by atoms with E-state index in [-0.39, 0.29) is 24.0 Å². The number of fused-ring (bicyclic) bond motifs is 1. The lowest BCUT2D eigenvalue weighted by Crippen LogP contribution is -2.52. The Bertz CT molecular complexity index is 911. The van der Waals surface area contributed by atoms with Gasteiger partial charge in [0.1, 0.15) is 11.5 Å². The van der Waals surface area contributed by atoms with Gasteiger partial charge in [0.25, 0.3) is 0 Å². The zero-order valence-corrected chi connectivity index (χ0v) is 19.9. The second-order valence-corrected chi connectivity index (χ2v) is 7.42. The van der Waals surface area contributed by atoms with Crippen molar-refractivity contribution in [2.45, 2.75) is 26.8 Å². The van der Waals surface area contributed by atoms with Crippen LogP contribution in [0.5, 0.6) is 0 Å². The van der Waals surface area contributed by atoms with Gasteiger partial charge in [0.2, 0.25) is 5.13 Å². The molecule has 4 heterocycles. The van der Waals surface area contributed by atoms with Gasteiger partial charge < -0.3 is 19.5 Å². The fourth-order valence-electron chi connectivity index (χ4n) is 3.27. The van der Waals surface area contributed by atoms with Crippen molar-refractivity contribution in [2.24, 2.45) is 4.99 Å². The second-order valence-electron chi connectivity index (χ2n) is 6.69. The third kappa shape index (κ3) is 5.16. The lowest BCUT2D eigenvalue weighted by atomic mass is 10.3. The van der Waals surface area contributed by atoms with Crippen molar-refractivity contribution in [2.75, 3.05) is 37.6 Å². The molecule has 4 rings (SSSR count). The monoisotopic (exact) mass is 526 g/mol. The first kappa shape index (κ1) is 21.8. The Kier molecular flexibility index (Phi) is 7.64. The summed E-state index contributed by atoms with van der Waals surface area (Å²) in [5.74, 6) is 1.88. The number of aryl methyl sites for hydroxylation is 1. The van der Waals surface area contributed by atoms with E-state index in [4.69, 9.17) is 4.99 Å². The van der Waals surface area contributed by atoms with Crippen LogP contribution in [0.3, 0.4) is 0 Å². The number of rotatable bonds is 5. The normalized spacial score (nSPS) is 14.9. The topological polar surface area (TPSA) is 74.0 Å². The predicted molar refractivity (Wildman–Crippen MR) is 128 cm³/mol. The molecule has 0 radical (unpaired) electrons. The maximum absolute atomic E-state index is 4.83. The fraction of sp³-hybridized carbons (Fsp3) is 0.474. The number of nitrogens with one attached hydrogen (secondary N) is 1. The number of aromatic nitrogens is 4. The van der Waals surface area contributed by atoms with Crippen LogP contribution in [-0.4, -0.2) is 62.3 Å². The minimum Gasteiger partial charge on any atom is -0.357 e. The Morgan fingerprint density at radius 2 is 2.00 bits per heavy atom. The standard InChI is InChI=1S/C19H26N8S.HI/c1-3-16-23-19(28-24-16)26-11-9-25(10-12-26)18(20-4-2)21-13-15-14-27-8-6-5-7-17(27)22-15;/h5-8,14H,3-4,9-13H2,1-2H3,(H,20,21);1H. The molecular weight excluding hydrogens is 499 g/mol. The van der Waals surface area contributed by atoms with E-state index in [9.17, 15) is 0 Å². The van der Waals surface area contributed by atoms with E-state index < -0.39 is 0 Å². The van der Waals surface area contributed by atoms with E-state index in [0.717, 1.165) is 67.4 Å². The molecular formula is C19H27IN8S. The molecule has 0 aromatic carbocycles. The average Bonchev–Trinajstić information content (AvgIpc) is 3.38. The van der Waals surface area contributed by atoms with Crippen LogP contribution in [0.1, 0.15) is 25.4 Å². The Labute approximate surface area is 192 Å². The molecule has 3 aromatic rings. The molecule has 1 fully saturated rings. The molecule has 3 aromatic heterocycles. The van der Waals surface area contributed by atoms with E-state index in [2.05, 4.69) is 43.3 Å². The second kappa shape index (κ2) is 10.2. The molecule has 0 aliphatic carbocycles. The number of pyridine rings is 1. The molecule has 0 atom stereocenters. The van der Waals surface area contributed by atoms with Crippen molar-refractivity contribution in [1.29, 1.82) is 0 Å². The Hall–Kier alpha value is -1.95. The third-order valence-corrected chi connectivity index (χ3v) is 5.58. The molecule has 1 N–H and O–H groups in total. The molecule has 0 saturated carbocycles. The van der Waals surface area contributed by atoms with Gasteiger partial charge in [-0.05, 0) is 19.1 Å². The van der Waals surface area contributed by atoms with Crippen molar-refractivity contribution >= 4 is 52.2 Å². The first-order valence-corrected chi connectivity index (χ1v) is 10.6. The molecule has 0 amide bonds. The molecule has 0 bridgehead atoms. The SMILES string of the molecule is CCNC(=NCc1cn2ccccc2n1)N1CCN(c2nc(CC)ns2)CC1.I. The molecule has 0 spiro atoms. The summed E-state index contributed by atoms with van der Waals surface area (Å²) in [6.07, 6.45) is 4.94. The largest absolute Gasteiger partial charge is 0.357 e. The summed E-state index contributed by atoms with van der Waals surface area (Å²) < 4.78 is 6.44. The zero-order valence-electron chi connectivity index (χ0n) is 16.8. The van der Waals surface area contributed by atoms with Crippen LogP contribution in [0.15, 0.2) is 35.6 Å². The van der Waals surface area contributed by atoms with Crippen LogP contribution in [-0.2, 0) is 13.0 Å². The van der Waals surface area contributed by atoms with E-state index >= 15 is 0 Å². The van der Waals surface area contributed by atoms with Gasteiger partial charge in [0.15, 0.2) is 5.96 Å². The summed E-state index contributed by atoms with van der Waals surface area (Å²) >= 11 is 1.50. The fourth-order valence-corrected chi connectivity index (χ4v) is 4.07. The van der Waals surface area contributed by atoms with Gasteiger partial charge in [0.05, 0.1) is 12.2 Å². The Morgan fingerprint density at radius 3 is 2.69 bits per heavy atom. The van der Waals surface area contributed by atoms with Crippen LogP contribution >= 0.6 is 35.5 Å². The maximum Gasteiger partial charge on any atom is 0.205 e. The van der Waals surface area contributed by atoms with Gasteiger partial charge in [-0.1, -0.05) is 13.0 Å². The highest BCUT2D eigenvalue weighted by molar-refractivity contribution is 14.0. The number of aliphatic imine (C=N–C) groups is 1. The molecule has 8 nitrogen and oxygen atoms in total. The van der Waals surface area contributed by atoms with E-state index in [0.29, 0.717) is 6.54 Å².